The minimum absolute atomic E-state index is 0.0994. The second kappa shape index (κ2) is 4.24. The fourth-order valence-electron chi connectivity index (χ4n) is 0.912. The van der Waals surface area contributed by atoms with Crippen LogP contribution in [0.25, 0.3) is 0 Å². The number of carbonyl (C=O) groups is 1. The molecule has 0 radical (unpaired) electrons. The zero-order valence-electron chi connectivity index (χ0n) is 7.60. The molecular weight excluding hydrogens is 205 g/mol. The van der Waals surface area contributed by atoms with Gasteiger partial charge in [0.15, 0.2) is 0 Å². The van der Waals surface area contributed by atoms with Crippen molar-refractivity contribution >= 4 is 23.2 Å². The van der Waals surface area contributed by atoms with Crippen LogP contribution >= 0.6 is 11.6 Å². The highest BCUT2D eigenvalue weighted by atomic mass is 35.5. The molecule has 0 unspecified atom stereocenters. The maximum atomic E-state index is 13.2. The van der Waals surface area contributed by atoms with Crippen molar-refractivity contribution in [2.45, 2.75) is 6.92 Å². The molecule has 0 aliphatic heterocycles. The quantitative estimate of drug-likeness (QED) is 0.752. The summed E-state index contributed by atoms with van der Waals surface area (Å²) in [6.45, 7) is 4.99. The summed E-state index contributed by atoms with van der Waals surface area (Å²) in [5.74, 6) is -1.09. The number of nitrogens with one attached hydrogen (secondary N) is 1. The van der Waals surface area contributed by atoms with Gasteiger partial charge >= 0.3 is 0 Å². The van der Waals surface area contributed by atoms with Gasteiger partial charge in [0.1, 0.15) is 5.82 Å². The second-order valence-electron chi connectivity index (χ2n) is 2.84. The van der Waals surface area contributed by atoms with Crippen LogP contribution in [0.3, 0.4) is 0 Å². The summed E-state index contributed by atoms with van der Waals surface area (Å²) < 4.78 is 13.2. The van der Waals surface area contributed by atoms with Crippen molar-refractivity contribution in [3.63, 3.8) is 0 Å². The third-order valence-electron chi connectivity index (χ3n) is 1.62. The SMILES string of the molecule is C=C(Cl)C(=O)Nc1ccc(C)cc1F. The molecule has 14 heavy (non-hydrogen) atoms. The molecule has 1 N–H and O–H groups in total. The molecule has 0 aliphatic carbocycles. The van der Waals surface area contributed by atoms with Gasteiger partial charge in [0.05, 0.1) is 10.7 Å². The van der Waals surface area contributed by atoms with E-state index in [2.05, 4.69) is 11.9 Å². The van der Waals surface area contributed by atoms with Gasteiger partial charge in [-0.2, -0.15) is 0 Å². The van der Waals surface area contributed by atoms with Crippen LogP contribution in [0.1, 0.15) is 5.56 Å². The van der Waals surface area contributed by atoms with Gasteiger partial charge in [-0.3, -0.25) is 4.79 Å². The van der Waals surface area contributed by atoms with Gasteiger partial charge in [0, 0.05) is 0 Å². The molecule has 74 valence electrons. The third-order valence-corrected chi connectivity index (χ3v) is 1.79. The number of carbonyl (C=O) groups excluding carboxylic acids is 1. The monoisotopic (exact) mass is 213 g/mol. The van der Waals surface area contributed by atoms with E-state index in [0.717, 1.165) is 5.56 Å². The first-order valence-electron chi connectivity index (χ1n) is 3.92. The lowest BCUT2D eigenvalue weighted by molar-refractivity contribution is -0.112. The van der Waals surface area contributed by atoms with Gasteiger partial charge in [-0.1, -0.05) is 24.2 Å². The summed E-state index contributed by atoms with van der Waals surface area (Å²) in [5.41, 5.74) is 0.882. The van der Waals surface area contributed by atoms with E-state index in [0.29, 0.717) is 0 Å². The summed E-state index contributed by atoms with van der Waals surface area (Å²) in [4.78, 5) is 11.0. The molecule has 1 amide bonds. The van der Waals surface area contributed by atoms with E-state index >= 15 is 0 Å². The Morgan fingerprint density at radius 1 is 1.57 bits per heavy atom. The lowest BCUT2D eigenvalue weighted by Crippen LogP contribution is -2.11. The smallest absolute Gasteiger partial charge is 0.266 e. The van der Waals surface area contributed by atoms with Crippen LogP contribution in [0.4, 0.5) is 10.1 Å². The molecule has 1 aromatic rings. The maximum Gasteiger partial charge on any atom is 0.266 e. The fraction of sp³-hybridized carbons (Fsp3) is 0.100. The summed E-state index contributed by atoms with van der Waals surface area (Å²) in [6.07, 6.45) is 0. The van der Waals surface area contributed by atoms with Crippen LogP contribution in [-0.4, -0.2) is 5.91 Å². The topological polar surface area (TPSA) is 29.1 Å². The number of amides is 1. The fourth-order valence-corrected chi connectivity index (χ4v) is 0.959. The Morgan fingerprint density at radius 3 is 2.71 bits per heavy atom. The highest BCUT2D eigenvalue weighted by Crippen LogP contribution is 2.16. The van der Waals surface area contributed by atoms with Crippen LogP contribution in [0.15, 0.2) is 29.8 Å². The highest BCUT2D eigenvalue weighted by Gasteiger charge is 2.07. The highest BCUT2D eigenvalue weighted by molar-refractivity contribution is 6.43. The lowest BCUT2D eigenvalue weighted by Gasteiger charge is -2.05. The van der Waals surface area contributed by atoms with E-state index in [1.54, 1.807) is 13.0 Å². The molecule has 0 aromatic heterocycles. The number of hydrogen-bond acceptors (Lipinski definition) is 1. The van der Waals surface area contributed by atoms with E-state index < -0.39 is 11.7 Å². The molecule has 0 atom stereocenters. The van der Waals surface area contributed by atoms with E-state index in [4.69, 9.17) is 11.6 Å². The van der Waals surface area contributed by atoms with Crippen molar-refractivity contribution in [3.8, 4) is 0 Å². The standard InChI is InChI=1S/C10H9ClFNO/c1-6-3-4-9(8(12)5-6)13-10(14)7(2)11/h3-5H,2H2,1H3,(H,13,14). The first-order chi connectivity index (χ1) is 6.50. The van der Waals surface area contributed by atoms with Crippen molar-refractivity contribution in [1.82, 2.24) is 0 Å². The number of aryl methyl sites for hydroxylation is 1. The summed E-state index contributed by atoms with van der Waals surface area (Å²) >= 11 is 5.33. The summed E-state index contributed by atoms with van der Waals surface area (Å²) in [6, 6.07) is 4.49. The van der Waals surface area contributed by atoms with Crippen molar-refractivity contribution in [2.75, 3.05) is 5.32 Å². The number of anilines is 1. The average Bonchev–Trinajstić information content (AvgIpc) is 2.09. The van der Waals surface area contributed by atoms with Crippen molar-refractivity contribution in [3.05, 3.63) is 41.2 Å². The Morgan fingerprint density at radius 2 is 2.21 bits per heavy atom. The minimum atomic E-state index is -0.602. The lowest BCUT2D eigenvalue weighted by atomic mass is 10.2. The normalized spacial score (nSPS) is 9.64. The Kier molecular flexibility index (Phi) is 3.25. The van der Waals surface area contributed by atoms with E-state index in [1.165, 1.54) is 12.1 Å². The number of halogens is 2. The maximum absolute atomic E-state index is 13.2. The molecule has 1 aromatic carbocycles. The van der Waals surface area contributed by atoms with Crippen LogP contribution in [0.5, 0.6) is 0 Å². The zero-order valence-corrected chi connectivity index (χ0v) is 8.36. The number of hydrogen-bond donors (Lipinski definition) is 1. The van der Waals surface area contributed by atoms with Crippen LogP contribution in [0.2, 0.25) is 0 Å². The average molecular weight is 214 g/mol. The predicted octanol–water partition coefficient (Wildman–Crippen LogP) is 2.83. The molecule has 0 heterocycles. The largest absolute Gasteiger partial charge is 0.319 e. The molecular formula is C10H9ClFNO. The van der Waals surface area contributed by atoms with Gasteiger partial charge in [-0.05, 0) is 24.6 Å². The first kappa shape index (κ1) is 10.7. The zero-order chi connectivity index (χ0) is 10.7. The van der Waals surface area contributed by atoms with Gasteiger partial charge in [0.2, 0.25) is 0 Å². The van der Waals surface area contributed by atoms with E-state index in [-0.39, 0.29) is 10.7 Å². The Hall–Kier alpha value is -1.35. The third kappa shape index (κ3) is 2.57. The van der Waals surface area contributed by atoms with Crippen molar-refractivity contribution in [2.24, 2.45) is 0 Å². The number of benzene rings is 1. The van der Waals surface area contributed by atoms with Crippen LogP contribution in [-0.2, 0) is 4.79 Å². The molecule has 0 spiro atoms. The predicted molar refractivity (Wildman–Crippen MR) is 54.8 cm³/mol. The molecule has 4 heteroatoms. The van der Waals surface area contributed by atoms with E-state index in [1.807, 2.05) is 0 Å². The minimum Gasteiger partial charge on any atom is -0.319 e. The van der Waals surface area contributed by atoms with E-state index in [9.17, 15) is 9.18 Å². The summed E-state index contributed by atoms with van der Waals surface area (Å²) in [5, 5.41) is 2.12. The molecule has 0 fully saturated rings. The van der Waals surface area contributed by atoms with Crippen molar-refractivity contribution in [1.29, 1.82) is 0 Å². The molecule has 1 rings (SSSR count). The summed E-state index contributed by atoms with van der Waals surface area (Å²) in [7, 11) is 0. The second-order valence-corrected chi connectivity index (χ2v) is 3.30. The van der Waals surface area contributed by atoms with Crippen LogP contribution in [0, 0.1) is 12.7 Å². The molecule has 0 saturated heterocycles. The van der Waals surface area contributed by atoms with Crippen LogP contribution < -0.4 is 5.32 Å². The van der Waals surface area contributed by atoms with Gasteiger partial charge in [0.25, 0.3) is 5.91 Å². The van der Waals surface area contributed by atoms with Gasteiger partial charge in [-0.15, -0.1) is 0 Å². The first-order valence-corrected chi connectivity index (χ1v) is 4.30. The van der Waals surface area contributed by atoms with Crippen molar-refractivity contribution < 1.29 is 9.18 Å². The molecule has 0 bridgehead atoms. The van der Waals surface area contributed by atoms with Gasteiger partial charge < -0.3 is 5.32 Å². The molecule has 0 aliphatic rings. The molecule has 0 saturated carbocycles. The Balaban J connectivity index is 2.87. The number of rotatable bonds is 2. The van der Waals surface area contributed by atoms with Gasteiger partial charge in [-0.25, -0.2) is 4.39 Å². The Labute approximate surface area is 86.4 Å². The Bertz CT molecular complexity index is 390. The molecule has 2 nitrogen and oxygen atoms in total.